The summed E-state index contributed by atoms with van der Waals surface area (Å²) in [5.41, 5.74) is 5.77. The van der Waals surface area contributed by atoms with Crippen molar-refractivity contribution in [1.29, 1.82) is 0 Å². The highest BCUT2D eigenvalue weighted by Crippen LogP contribution is 2.20. The van der Waals surface area contributed by atoms with Crippen molar-refractivity contribution in [2.75, 3.05) is 19.6 Å². The Morgan fingerprint density at radius 2 is 1.43 bits per heavy atom. The Balaban J connectivity index is 2.87. The zero-order valence-corrected chi connectivity index (χ0v) is 22.5. The van der Waals surface area contributed by atoms with Crippen LogP contribution in [0.5, 0.6) is 0 Å². The van der Waals surface area contributed by atoms with Crippen LogP contribution in [0, 0.1) is 17.8 Å². The molecule has 1 heterocycles. The minimum atomic E-state index is -1.19. The molecule has 5 amide bonds. The van der Waals surface area contributed by atoms with Crippen molar-refractivity contribution in [3.05, 3.63) is 0 Å². The molecule has 13 heteroatoms. The molecule has 1 rings (SSSR count). The molecule has 0 aromatic rings. The van der Waals surface area contributed by atoms with Gasteiger partial charge in [-0.15, -0.1) is 0 Å². The van der Waals surface area contributed by atoms with Crippen molar-refractivity contribution in [3.63, 3.8) is 0 Å². The minimum absolute atomic E-state index is 0.110. The summed E-state index contributed by atoms with van der Waals surface area (Å²) in [7, 11) is 0. The lowest BCUT2D eigenvalue weighted by atomic mass is 9.99. The lowest BCUT2D eigenvalue weighted by Gasteiger charge is -2.32. The van der Waals surface area contributed by atoms with E-state index in [0.29, 0.717) is 19.4 Å². The predicted octanol–water partition coefficient (Wildman–Crippen LogP) is -1.44. The third-order valence-electron chi connectivity index (χ3n) is 6.19. The average molecular weight is 527 g/mol. The van der Waals surface area contributed by atoms with Gasteiger partial charge in [-0.05, 0) is 30.6 Å². The molecule has 0 radical (unpaired) electrons. The fourth-order valence-corrected chi connectivity index (χ4v) is 3.87. The standard InChI is InChI=1S/C24H42N6O7/c1-12(2)18(25)22(35)26-10-16(31)28-19(13(3)4)23(36)29-20(14(5)6)24(37)30-9-7-8-15(30)21(34)27-11-17(32)33/h12-15,18-20H,7-11,25H2,1-6H3,(H,26,35)(H,27,34)(H,28,31)(H,29,36)(H,32,33)/t15-,18-,19-,20-/m0/s1. The fourth-order valence-electron chi connectivity index (χ4n) is 3.87. The highest BCUT2D eigenvalue weighted by Gasteiger charge is 2.39. The molecule has 0 aromatic carbocycles. The van der Waals surface area contributed by atoms with Crippen molar-refractivity contribution >= 4 is 35.5 Å². The number of nitrogens with two attached hydrogens (primary N) is 1. The van der Waals surface area contributed by atoms with E-state index in [1.807, 2.05) is 0 Å². The van der Waals surface area contributed by atoms with Crippen molar-refractivity contribution in [2.24, 2.45) is 23.5 Å². The minimum Gasteiger partial charge on any atom is -0.480 e. The van der Waals surface area contributed by atoms with Crippen LogP contribution in [-0.2, 0) is 28.8 Å². The smallest absolute Gasteiger partial charge is 0.322 e. The predicted molar refractivity (Wildman–Crippen MR) is 135 cm³/mol. The number of carbonyl (C=O) groups is 6. The normalized spacial score (nSPS) is 17.8. The Morgan fingerprint density at radius 3 is 1.95 bits per heavy atom. The molecule has 0 spiro atoms. The van der Waals surface area contributed by atoms with Crippen LogP contribution in [0.1, 0.15) is 54.4 Å². The number of rotatable bonds is 13. The number of nitrogens with one attached hydrogen (secondary N) is 4. The first kappa shape index (κ1) is 31.8. The summed E-state index contributed by atoms with van der Waals surface area (Å²) in [5, 5.41) is 18.9. The monoisotopic (exact) mass is 526 g/mol. The molecule has 1 aliphatic rings. The molecule has 210 valence electrons. The first-order chi connectivity index (χ1) is 17.2. The van der Waals surface area contributed by atoms with Gasteiger partial charge in [0.2, 0.25) is 29.5 Å². The lowest BCUT2D eigenvalue weighted by Crippen LogP contribution is -2.59. The number of nitrogens with zero attached hydrogens (tertiary/aromatic N) is 1. The van der Waals surface area contributed by atoms with E-state index in [9.17, 15) is 28.8 Å². The van der Waals surface area contributed by atoms with Gasteiger partial charge < -0.3 is 37.0 Å². The van der Waals surface area contributed by atoms with Gasteiger partial charge in [-0.25, -0.2) is 0 Å². The second kappa shape index (κ2) is 14.5. The molecule has 1 aliphatic heterocycles. The fraction of sp³-hybridized carbons (Fsp3) is 0.750. The maximum absolute atomic E-state index is 13.4. The van der Waals surface area contributed by atoms with E-state index in [4.69, 9.17) is 10.8 Å². The molecule has 0 bridgehead atoms. The van der Waals surface area contributed by atoms with E-state index in [0.717, 1.165) is 0 Å². The van der Waals surface area contributed by atoms with E-state index >= 15 is 0 Å². The average Bonchev–Trinajstić information content (AvgIpc) is 3.31. The number of hydrogen-bond acceptors (Lipinski definition) is 7. The summed E-state index contributed by atoms with van der Waals surface area (Å²) in [4.78, 5) is 75.5. The number of hydrogen-bond donors (Lipinski definition) is 6. The van der Waals surface area contributed by atoms with Crippen LogP contribution in [0.15, 0.2) is 0 Å². The second-order valence-corrected chi connectivity index (χ2v) is 10.3. The summed E-state index contributed by atoms with van der Waals surface area (Å²) in [6, 6.07) is -3.55. The number of carboxylic acid groups (broad SMARTS) is 1. The lowest BCUT2D eigenvalue weighted by molar-refractivity contribution is -0.144. The van der Waals surface area contributed by atoms with Gasteiger partial charge >= 0.3 is 5.97 Å². The van der Waals surface area contributed by atoms with E-state index in [-0.39, 0.29) is 24.3 Å². The Kier molecular flexibility index (Phi) is 12.5. The number of carbonyl (C=O) groups excluding carboxylic acids is 5. The SMILES string of the molecule is CC(C)[C@H](N)C(=O)NCC(=O)N[C@H](C(=O)N[C@H](C(=O)N1CCC[C@H]1C(=O)NCC(=O)O)C(C)C)C(C)C. The number of likely N-dealkylation sites (tertiary alicyclic amines) is 1. The summed E-state index contributed by atoms with van der Waals surface area (Å²) in [6.45, 7) is 9.89. The van der Waals surface area contributed by atoms with Gasteiger partial charge in [0.25, 0.3) is 0 Å². The Hall–Kier alpha value is -3.22. The van der Waals surface area contributed by atoms with E-state index in [1.165, 1.54) is 4.90 Å². The maximum Gasteiger partial charge on any atom is 0.322 e. The molecule has 0 saturated carbocycles. The zero-order valence-electron chi connectivity index (χ0n) is 22.5. The van der Waals surface area contributed by atoms with Crippen LogP contribution in [0.3, 0.4) is 0 Å². The largest absolute Gasteiger partial charge is 0.480 e. The van der Waals surface area contributed by atoms with E-state index < -0.39 is 66.2 Å². The van der Waals surface area contributed by atoms with Crippen LogP contribution in [0.2, 0.25) is 0 Å². The zero-order chi connectivity index (χ0) is 28.4. The summed E-state index contributed by atoms with van der Waals surface area (Å²) >= 11 is 0. The van der Waals surface area contributed by atoms with Gasteiger partial charge in [0, 0.05) is 6.54 Å². The molecule has 0 unspecified atom stereocenters. The summed E-state index contributed by atoms with van der Waals surface area (Å²) < 4.78 is 0. The topological polar surface area (TPSA) is 200 Å². The van der Waals surface area contributed by atoms with Crippen LogP contribution in [-0.4, -0.2) is 89.3 Å². The van der Waals surface area contributed by atoms with Gasteiger partial charge in [-0.1, -0.05) is 41.5 Å². The van der Waals surface area contributed by atoms with Gasteiger partial charge in [0.1, 0.15) is 24.7 Å². The molecule has 4 atom stereocenters. The van der Waals surface area contributed by atoms with E-state index in [2.05, 4.69) is 21.3 Å². The molecule has 13 nitrogen and oxygen atoms in total. The molecule has 0 aromatic heterocycles. The third-order valence-corrected chi connectivity index (χ3v) is 6.19. The highest BCUT2D eigenvalue weighted by atomic mass is 16.4. The summed E-state index contributed by atoms with van der Waals surface area (Å²) in [5.74, 6) is -4.63. The van der Waals surface area contributed by atoms with Crippen LogP contribution in [0.4, 0.5) is 0 Å². The van der Waals surface area contributed by atoms with Gasteiger partial charge in [-0.2, -0.15) is 0 Å². The quantitative estimate of drug-likeness (QED) is 0.167. The van der Waals surface area contributed by atoms with Gasteiger partial charge in [-0.3, -0.25) is 28.8 Å². The van der Waals surface area contributed by atoms with Crippen LogP contribution in [0.25, 0.3) is 0 Å². The summed E-state index contributed by atoms with van der Waals surface area (Å²) in [6.07, 6.45) is 0.944. The Labute approximate surface area is 217 Å². The molecule has 37 heavy (non-hydrogen) atoms. The van der Waals surface area contributed by atoms with Crippen molar-refractivity contribution in [1.82, 2.24) is 26.2 Å². The number of aliphatic carboxylic acids is 1. The van der Waals surface area contributed by atoms with Crippen molar-refractivity contribution in [2.45, 2.75) is 78.6 Å². The van der Waals surface area contributed by atoms with Gasteiger partial charge in [0.15, 0.2) is 0 Å². The van der Waals surface area contributed by atoms with Crippen molar-refractivity contribution in [3.8, 4) is 0 Å². The van der Waals surface area contributed by atoms with Gasteiger partial charge in [0.05, 0.1) is 12.6 Å². The van der Waals surface area contributed by atoms with E-state index in [1.54, 1.807) is 41.5 Å². The number of carboxylic acids is 1. The Bertz CT molecular complexity index is 861. The molecule has 1 saturated heterocycles. The number of amides is 5. The third kappa shape index (κ3) is 9.63. The molecule has 7 N–H and O–H groups in total. The van der Waals surface area contributed by atoms with Crippen LogP contribution < -0.4 is 27.0 Å². The molecule has 0 aliphatic carbocycles. The molecular formula is C24H42N6O7. The first-order valence-corrected chi connectivity index (χ1v) is 12.6. The van der Waals surface area contributed by atoms with Crippen LogP contribution >= 0.6 is 0 Å². The second-order valence-electron chi connectivity index (χ2n) is 10.3. The first-order valence-electron chi connectivity index (χ1n) is 12.6. The highest BCUT2D eigenvalue weighted by molar-refractivity contribution is 5.95. The molecule has 1 fully saturated rings. The maximum atomic E-state index is 13.4. The molecular weight excluding hydrogens is 484 g/mol. The Morgan fingerprint density at radius 1 is 0.838 bits per heavy atom. The van der Waals surface area contributed by atoms with Crippen molar-refractivity contribution < 1.29 is 33.9 Å².